The number of hydrogen-bond donors (Lipinski definition) is 2. The summed E-state index contributed by atoms with van der Waals surface area (Å²) in [6.45, 7) is 0.751. The molecule has 4 heteroatoms. The third-order valence-corrected chi connectivity index (χ3v) is 3.08. The Labute approximate surface area is 117 Å². The molecule has 96 valence electrons. The maximum atomic E-state index is 8.85. The summed E-state index contributed by atoms with van der Waals surface area (Å²) in [4.78, 5) is 0. The van der Waals surface area contributed by atoms with Crippen molar-refractivity contribution in [1.29, 1.82) is 5.26 Å². The van der Waals surface area contributed by atoms with E-state index < -0.39 is 0 Å². The molecule has 0 bridgehead atoms. The first-order chi connectivity index (χ1) is 9.19. The van der Waals surface area contributed by atoms with Gasteiger partial charge in [-0.3, -0.25) is 0 Å². The molecule has 2 aromatic carbocycles. The minimum atomic E-state index is 0.600. The summed E-state index contributed by atoms with van der Waals surface area (Å²) >= 11 is 5.83. The molecule has 0 amide bonds. The Kier molecular flexibility index (Phi) is 4.27. The summed E-state index contributed by atoms with van der Waals surface area (Å²) in [5, 5.41) is 12.8. The van der Waals surface area contributed by atoms with Crippen LogP contribution in [0.5, 0.6) is 0 Å². The Bertz CT molecular complexity index is 600. The molecule has 2 rings (SSSR count). The van der Waals surface area contributed by atoms with Gasteiger partial charge < -0.3 is 11.1 Å². The molecule has 19 heavy (non-hydrogen) atoms. The first kappa shape index (κ1) is 13.3. The van der Waals surface area contributed by atoms with E-state index in [1.807, 2.05) is 24.3 Å². The molecule has 0 aromatic heterocycles. The number of nitrogens with two attached hydrogens (primary N) is 1. The Balaban J connectivity index is 1.96. The number of anilines is 2. The zero-order valence-electron chi connectivity index (χ0n) is 10.4. The van der Waals surface area contributed by atoms with Crippen molar-refractivity contribution in [2.24, 2.45) is 0 Å². The number of nitriles is 1. The highest BCUT2D eigenvalue weighted by Crippen LogP contribution is 2.19. The van der Waals surface area contributed by atoms with Gasteiger partial charge in [0.1, 0.15) is 0 Å². The van der Waals surface area contributed by atoms with Gasteiger partial charge in [-0.25, -0.2) is 0 Å². The number of hydrogen-bond acceptors (Lipinski definition) is 3. The van der Waals surface area contributed by atoms with Crippen LogP contribution in [0.15, 0.2) is 42.5 Å². The summed E-state index contributed by atoms with van der Waals surface area (Å²) < 4.78 is 0. The van der Waals surface area contributed by atoms with E-state index in [4.69, 9.17) is 22.6 Å². The van der Waals surface area contributed by atoms with Crippen LogP contribution in [0.3, 0.4) is 0 Å². The SMILES string of the molecule is N#Cc1ccc(N)c(NCCc2ccc(Cl)cc2)c1. The minimum Gasteiger partial charge on any atom is -0.397 e. The van der Waals surface area contributed by atoms with Crippen LogP contribution < -0.4 is 11.1 Å². The zero-order valence-corrected chi connectivity index (χ0v) is 11.1. The molecule has 0 saturated heterocycles. The average molecular weight is 272 g/mol. The molecule has 3 nitrogen and oxygen atoms in total. The van der Waals surface area contributed by atoms with E-state index in [1.165, 1.54) is 5.56 Å². The zero-order chi connectivity index (χ0) is 13.7. The maximum absolute atomic E-state index is 8.85. The highest BCUT2D eigenvalue weighted by Gasteiger charge is 2.00. The summed E-state index contributed by atoms with van der Waals surface area (Å²) in [6, 6.07) is 15.1. The Hall–Kier alpha value is -2.18. The van der Waals surface area contributed by atoms with Crippen molar-refractivity contribution in [2.45, 2.75) is 6.42 Å². The van der Waals surface area contributed by atoms with Gasteiger partial charge in [0.25, 0.3) is 0 Å². The van der Waals surface area contributed by atoms with Crippen LogP contribution in [0.2, 0.25) is 5.02 Å². The smallest absolute Gasteiger partial charge is 0.0992 e. The van der Waals surface area contributed by atoms with Crippen LogP contribution >= 0.6 is 11.6 Å². The number of benzene rings is 2. The molecule has 3 N–H and O–H groups in total. The fourth-order valence-electron chi connectivity index (χ4n) is 1.77. The van der Waals surface area contributed by atoms with Crippen molar-refractivity contribution in [2.75, 3.05) is 17.6 Å². The first-order valence-corrected chi connectivity index (χ1v) is 6.35. The Morgan fingerprint density at radius 1 is 1.16 bits per heavy atom. The van der Waals surface area contributed by atoms with Gasteiger partial charge in [0.15, 0.2) is 0 Å². The highest BCUT2D eigenvalue weighted by atomic mass is 35.5. The fourth-order valence-corrected chi connectivity index (χ4v) is 1.90. The third-order valence-electron chi connectivity index (χ3n) is 2.82. The average Bonchev–Trinajstić information content (AvgIpc) is 2.43. The van der Waals surface area contributed by atoms with Crippen molar-refractivity contribution >= 4 is 23.0 Å². The van der Waals surface area contributed by atoms with Crippen LogP contribution in [0.4, 0.5) is 11.4 Å². The van der Waals surface area contributed by atoms with E-state index in [0.29, 0.717) is 11.3 Å². The summed E-state index contributed by atoms with van der Waals surface area (Å²) in [5.74, 6) is 0. The number of nitrogens with zero attached hydrogens (tertiary/aromatic N) is 1. The molecular weight excluding hydrogens is 258 g/mol. The van der Waals surface area contributed by atoms with E-state index in [-0.39, 0.29) is 0 Å². The lowest BCUT2D eigenvalue weighted by atomic mass is 10.1. The molecular formula is C15H14ClN3. The molecule has 0 heterocycles. The fraction of sp³-hybridized carbons (Fsp3) is 0.133. The van der Waals surface area contributed by atoms with Gasteiger partial charge in [-0.2, -0.15) is 5.26 Å². The van der Waals surface area contributed by atoms with Gasteiger partial charge in [0.2, 0.25) is 0 Å². The molecule has 0 atom stereocenters. The number of halogens is 1. The van der Waals surface area contributed by atoms with Gasteiger partial charge in [0.05, 0.1) is 23.0 Å². The van der Waals surface area contributed by atoms with E-state index >= 15 is 0 Å². The van der Waals surface area contributed by atoms with Crippen LogP contribution in [0, 0.1) is 11.3 Å². The van der Waals surface area contributed by atoms with Gasteiger partial charge in [-0.05, 0) is 42.3 Å². The second-order valence-corrected chi connectivity index (χ2v) is 4.65. The van der Waals surface area contributed by atoms with Crippen molar-refractivity contribution in [1.82, 2.24) is 0 Å². The van der Waals surface area contributed by atoms with Gasteiger partial charge in [-0.1, -0.05) is 23.7 Å². The summed E-state index contributed by atoms with van der Waals surface area (Å²) in [6.07, 6.45) is 0.868. The Morgan fingerprint density at radius 2 is 1.89 bits per heavy atom. The van der Waals surface area contributed by atoms with Gasteiger partial charge in [0, 0.05) is 11.6 Å². The number of nitrogen functional groups attached to an aromatic ring is 1. The highest BCUT2D eigenvalue weighted by molar-refractivity contribution is 6.30. The van der Waals surface area contributed by atoms with Gasteiger partial charge >= 0.3 is 0 Å². The molecule has 0 saturated carbocycles. The van der Waals surface area contributed by atoms with Crippen LogP contribution in [-0.2, 0) is 6.42 Å². The molecule has 0 fully saturated rings. The van der Waals surface area contributed by atoms with Crippen LogP contribution in [0.25, 0.3) is 0 Å². The lowest BCUT2D eigenvalue weighted by molar-refractivity contribution is 1.02. The number of nitrogens with one attached hydrogen (secondary N) is 1. The maximum Gasteiger partial charge on any atom is 0.0992 e. The van der Waals surface area contributed by atoms with Gasteiger partial charge in [-0.15, -0.1) is 0 Å². The normalized spacial score (nSPS) is 9.89. The largest absolute Gasteiger partial charge is 0.397 e. The Morgan fingerprint density at radius 3 is 2.58 bits per heavy atom. The summed E-state index contributed by atoms with van der Waals surface area (Å²) in [5.41, 5.74) is 9.10. The quantitative estimate of drug-likeness (QED) is 0.837. The molecule has 0 aliphatic rings. The van der Waals surface area contributed by atoms with E-state index in [0.717, 1.165) is 23.7 Å². The summed E-state index contributed by atoms with van der Waals surface area (Å²) in [7, 11) is 0. The molecule has 0 radical (unpaired) electrons. The monoisotopic (exact) mass is 271 g/mol. The standard InChI is InChI=1S/C15H14ClN3/c16-13-4-1-11(2-5-13)7-8-19-15-9-12(10-17)3-6-14(15)18/h1-6,9,19H,7-8,18H2. The molecule has 0 spiro atoms. The lowest BCUT2D eigenvalue weighted by Gasteiger charge is -2.09. The van der Waals surface area contributed by atoms with E-state index in [9.17, 15) is 0 Å². The van der Waals surface area contributed by atoms with Crippen molar-refractivity contribution in [3.63, 3.8) is 0 Å². The van der Waals surface area contributed by atoms with E-state index in [2.05, 4.69) is 11.4 Å². The lowest BCUT2D eigenvalue weighted by Crippen LogP contribution is -2.07. The van der Waals surface area contributed by atoms with Crippen LogP contribution in [-0.4, -0.2) is 6.54 Å². The van der Waals surface area contributed by atoms with Crippen molar-refractivity contribution < 1.29 is 0 Å². The molecule has 2 aromatic rings. The second kappa shape index (κ2) is 6.12. The van der Waals surface area contributed by atoms with Crippen molar-refractivity contribution in [3.05, 3.63) is 58.6 Å². The molecule has 0 aliphatic carbocycles. The molecule has 0 unspecified atom stereocenters. The van der Waals surface area contributed by atoms with Crippen LogP contribution in [0.1, 0.15) is 11.1 Å². The van der Waals surface area contributed by atoms with Crippen molar-refractivity contribution in [3.8, 4) is 6.07 Å². The molecule has 0 aliphatic heterocycles. The predicted molar refractivity (Wildman–Crippen MR) is 79.2 cm³/mol. The topological polar surface area (TPSA) is 61.8 Å². The predicted octanol–water partition coefficient (Wildman–Crippen LogP) is 3.45. The number of rotatable bonds is 4. The van der Waals surface area contributed by atoms with E-state index in [1.54, 1.807) is 18.2 Å². The second-order valence-electron chi connectivity index (χ2n) is 4.22. The minimum absolute atomic E-state index is 0.600. The third kappa shape index (κ3) is 3.64. The first-order valence-electron chi connectivity index (χ1n) is 5.97.